The highest BCUT2D eigenvalue weighted by Crippen LogP contribution is 2.05. The van der Waals surface area contributed by atoms with E-state index in [-0.39, 0.29) is 0 Å². The molecule has 0 aliphatic rings. The van der Waals surface area contributed by atoms with Gasteiger partial charge in [0.2, 0.25) is 0 Å². The molecule has 84 valence electrons. The maximum atomic E-state index is 5.35. The van der Waals surface area contributed by atoms with Crippen molar-refractivity contribution in [2.24, 2.45) is 0 Å². The predicted octanol–water partition coefficient (Wildman–Crippen LogP) is 1.88. The number of hydrogen-bond acceptors (Lipinski definition) is 4. The second kappa shape index (κ2) is 7.20. The smallest absolute Gasteiger partial charge is 0.162 e. The maximum Gasteiger partial charge on any atom is 0.162 e. The van der Waals surface area contributed by atoms with Crippen molar-refractivity contribution < 1.29 is 9.26 Å². The van der Waals surface area contributed by atoms with Crippen molar-refractivity contribution in [1.29, 1.82) is 0 Å². The second-order valence-corrected chi connectivity index (χ2v) is 3.19. The molecule has 0 spiro atoms. The Morgan fingerprint density at radius 3 is 3.27 bits per heavy atom. The van der Waals surface area contributed by atoms with Gasteiger partial charge in [-0.3, -0.25) is 0 Å². The highest BCUT2D eigenvalue weighted by Gasteiger charge is 2.02. The van der Waals surface area contributed by atoms with Crippen molar-refractivity contribution in [2.75, 3.05) is 13.2 Å². The summed E-state index contributed by atoms with van der Waals surface area (Å²) in [6, 6.07) is 1.91. The van der Waals surface area contributed by atoms with E-state index in [1.807, 2.05) is 12.1 Å². The third kappa shape index (κ3) is 4.76. The first-order valence-corrected chi connectivity index (χ1v) is 5.20. The summed E-state index contributed by atoms with van der Waals surface area (Å²) in [6.45, 7) is 8.50. The molecule has 0 bridgehead atoms. The van der Waals surface area contributed by atoms with Gasteiger partial charge >= 0.3 is 0 Å². The second-order valence-electron chi connectivity index (χ2n) is 3.19. The molecule has 4 nitrogen and oxygen atoms in total. The number of nitrogens with zero attached hydrogens (tertiary/aromatic N) is 1. The Bertz CT molecular complexity index is 284. The highest BCUT2D eigenvalue weighted by atomic mass is 16.5. The van der Waals surface area contributed by atoms with Gasteiger partial charge in [-0.05, 0) is 13.0 Å². The van der Waals surface area contributed by atoms with E-state index in [1.54, 1.807) is 0 Å². The standard InChI is InChI=1S/C11H18N2O2/c1-3-5-6-14-9-11-7-10(13-15-11)8-12-4-2/h3,7,12H,1,4-6,8-9H2,2H3. The molecule has 0 unspecified atom stereocenters. The van der Waals surface area contributed by atoms with Crippen LogP contribution in [-0.4, -0.2) is 18.3 Å². The average Bonchev–Trinajstić information content (AvgIpc) is 2.69. The van der Waals surface area contributed by atoms with Crippen molar-refractivity contribution >= 4 is 0 Å². The molecule has 15 heavy (non-hydrogen) atoms. The van der Waals surface area contributed by atoms with E-state index in [4.69, 9.17) is 9.26 Å². The van der Waals surface area contributed by atoms with Gasteiger partial charge in [-0.2, -0.15) is 0 Å². The predicted molar refractivity (Wildman–Crippen MR) is 58.4 cm³/mol. The summed E-state index contributed by atoms with van der Waals surface area (Å²) in [5, 5.41) is 7.09. The fourth-order valence-corrected chi connectivity index (χ4v) is 1.10. The SMILES string of the molecule is C=CCCOCc1cc(CNCC)no1. The molecular formula is C11H18N2O2. The molecule has 0 saturated heterocycles. The molecule has 0 aromatic carbocycles. The zero-order valence-electron chi connectivity index (χ0n) is 9.16. The molecule has 0 saturated carbocycles. The molecule has 0 radical (unpaired) electrons. The molecule has 0 aliphatic heterocycles. The van der Waals surface area contributed by atoms with Crippen LogP contribution < -0.4 is 5.32 Å². The molecule has 4 heteroatoms. The first-order chi connectivity index (χ1) is 7.36. The van der Waals surface area contributed by atoms with Crippen LogP contribution in [-0.2, 0) is 17.9 Å². The molecule has 0 aliphatic carbocycles. The topological polar surface area (TPSA) is 47.3 Å². The molecule has 1 rings (SSSR count). The van der Waals surface area contributed by atoms with Crippen LogP contribution in [0.1, 0.15) is 24.8 Å². The van der Waals surface area contributed by atoms with Crippen LogP contribution in [0.2, 0.25) is 0 Å². The minimum Gasteiger partial charge on any atom is -0.373 e. The van der Waals surface area contributed by atoms with Crippen molar-refractivity contribution in [1.82, 2.24) is 10.5 Å². The van der Waals surface area contributed by atoms with Gasteiger partial charge in [-0.1, -0.05) is 18.2 Å². The van der Waals surface area contributed by atoms with Crippen LogP contribution in [0.5, 0.6) is 0 Å². The van der Waals surface area contributed by atoms with Crippen LogP contribution in [0.4, 0.5) is 0 Å². The summed E-state index contributed by atoms with van der Waals surface area (Å²) >= 11 is 0. The van der Waals surface area contributed by atoms with Crippen molar-refractivity contribution in [3.63, 3.8) is 0 Å². The third-order valence-corrected chi connectivity index (χ3v) is 1.87. The summed E-state index contributed by atoms with van der Waals surface area (Å²) < 4.78 is 10.5. The first kappa shape index (κ1) is 11.9. The molecule has 1 aromatic heterocycles. The number of aromatic nitrogens is 1. The first-order valence-electron chi connectivity index (χ1n) is 5.20. The van der Waals surface area contributed by atoms with Crippen molar-refractivity contribution in [3.05, 3.63) is 30.2 Å². The van der Waals surface area contributed by atoms with Gasteiger partial charge in [-0.25, -0.2) is 0 Å². The van der Waals surface area contributed by atoms with Gasteiger partial charge in [-0.15, -0.1) is 6.58 Å². The van der Waals surface area contributed by atoms with Gasteiger partial charge in [0, 0.05) is 12.6 Å². The Labute approximate surface area is 90.3 Å². The lowest BCUT2D eigenvalue weighted by Gasteiger charge is -1.96. The quantitative estimate of drug-likeness (QED) is 0.525. The van der Waals surface area contributed by atoms with Crippen LogP contribution in [0.3, 0.4) is 0 Å². The fraction of sp³-hybridized carbons (Fsp3) is 0.545. The highest BCUT2D eigenvalue weighted by molar-refractivity contribution is 5.04. The van der Waals surface area contributed by atoms with Crippen molar-refractivity contribution in [3.8, 4) is 0 Å². The van der Waals surface area contributed by atoms with Gasteiger partial charge in [0.1, 0.15) is 6.61 Å². The minimum absolute atomic E-state index is 0.479. The van der Waals surface area contributed by atoms with E-state index in [9.17, 15) is 0 Å². The van der Waals surface area contributed by atoms with Gasteiger partial charge < -0.3 is 14.6 Å². The van der Waals surface area contributed by atoms with Crippen LogP contribution in [0.25, 0.3) is 0 Å². The maximum absolute atomic E-state index is 5.35. The normalized spacial score (nSPS) is 10.5. The Morgan fingerprint density at radius 2 is 2.53 bits per heavy atom. The Balaban J connectivity index is 2.23. The molecule has 1 N–H and O–H groups in total. The van der Waals surface area contributed by atoms with Crippen LogP contribution >= 0.6 is 0 Å². The summed E-state index contributed by atoms with van der Waals surface area (Å²) in [4.78, 5) is 0. The number of hydrogen-bond donors (Lipinski definition) is 1. The largest absolute Gasteiger partial charge is 0.373 e. The molecule has 0 atom stereocenters. The van der Waals surface area contributed by atoms with Crippen molar-refractivity contribution in [2.45, 2.75) is 26.5 Å². The zero-order valence-corrected chi connectivity index (χ0v) is 9.16. The number of nitrogens with one attached hydrogen (secondary N) is 1. The van der Waals surface area contributed by atoms with E-state index in [2.05, 4.69) is 24.0 Å². The molecule has 1 heterocycles. The van der Waals surface area contributed by atoms with E-state index < -0.39 is 0 Å². The summed E-state index contributed by atoms with van der Waals surface area (Å²) in [6.07, 6.45) is 2.69. The number of rotatable bonds is 8. The van der Waals surface area contributed by atoms with Crippen LogP contribution in [0.15, 0.2) is 23.2 Å². The monoisotopic (exact) mass is 210 g/mol. The Kier molecular flexibility index (Phi) is 5.73. The van der Waals surface area contributed by atoms with Gasteiger partial charge in [0.25, 0.3) is 0 Å². The number of ether oxygens (including phenoxy) is 1. The Morgan fingerprint density at radius 1 is 1.67 bits per heavy atom. The zero-order chi connectivity index (χ0) is 10.9. The lowest BCUT2D eigenvalue weighted by molar-refractivity contribution is 0.105. The van der Waals surface area contributed by atoms with E-state index in [0.29, 0.717) is 13.2 Å². The molecule has 1 aromatic rings. The third-order valence-electron chi connectivity index (χ3n) is 1.87. The van der Waals surface area contributed by atoms with E-state index in [0.717, 1.165) is 31.0 Å². The van der Waals surface area contributed by atoms with Gasteiger partial charge in [0.15, 0.2) is 5.76 Å². The minimum atomic E-state index is 0.479. The van der Waals surface area contributed by atoms with E-state index in [1.165, 1.54) is 0 Å². The lowest BCUT2D eigenvalue weighted by atomic mass is 10.3. The molecular weight excluding hydrogens is 192 g/mol. The fourth-order valence-electron chi connectivity index (χ4n) is 1.10. The average molecular weight is 210 g/mol. The van der Waals surface area contributed by atoms with Crippen LogP contribution in [0, 0.1) is 0 Å². The lowest BCUT2D eigenvalue weighted by Crippen LogP contribution is -2.11. The Hall–Kier alpha value is -1.13. The molecule has 0 fully saturated rings. The van der Waals surface area contributed by atoms with Gasteiger partial charge in [0.05, 0.1) is 12.3 Å². The molecule has 0 amide bonds. The summed E-state index contributed by atoms with van der Waals surface area (Å²) in [5.41, 5.74) is 0.916. The van der Waals surface area contributed by atoms with E-state index >= 15 is 0 Å². The summed E-state index contributed by atoms with van der Waals surface area (Å²) in [5.74, 6) is 0.770. The summed E-state index contributed by atoms with van der Waals surface area (Å²) in [7, 11) is 0.